The first-order valence-electron chi connectivity index (χ1n) is 22.4. The SMILES string of the molecule is CC1(C)c2ccccc2-c2ccc(N(c3ccccc3-c3ccc4c(c3)C(c3ccccc3)(c3ccccc3)C3=C4C=CCC3)c3ccc4ccccc4c3-c3ccccc3)cc21. The van der Waals surface area contributed by atoms with Gasteiger partial charge in [-0.25, -0.2) is 0 Å². The van der Waals surface area contributed by atoms with Crippen LogP contribution in [0.15, 0.2) is 230 Å². The minimum absolute atomic E-state index is 0.155. The van der Waals surface area contributed by atoms with Gasteiger partial charge < -0.3 is 4.90 Å². The van der Waals surface area contributed by atoms with Crippen LogP contribution in [-0.4, -0.2) is 0 Å². The predicted octanol–water partition coefficient (Wildman–Crippen LogP) is 16.4. The van der Waals surface area contributed by atoms with E-state index in [1.165, 1.54) is 88.7 Å². The van der Waals surface area contributed by atoms with Gasteiger partial charge in [0, 0.05) is 22.2 Å². The summed E-state index contributed by atoms with van der Waals surface area (Å²) in [4.78, 5) is 2.55. The quantitative estimate of drug-likeness (QED) is 0.155. The van der Waals surface area contributed by atoms with E-state index in [1.807, 2.05) is 0 Å². The molecule has 0 radical (unpaired) electrons. The van der Waals surface area contributed by atoms with Crippen LogP contribution in [0.5, 0.6) is 0 Å². The van der Waals surface area contributed by atoms with Crippen LogP contribution in [-0.2, 0) is 10.8 Å². The molecule has 1 heteroatoms. The van der Waals surface area contributed by atoms with Gasteiger partial charge in [0.25, 0.3) is 0 Å². The number of hydrogen-bond acceptors (Lipinski definition) is 1. The highest BCUT2D eigenvalue weighted by molar-refractivity contribution is 6.06. The molecule has 9 aromatic rings. The number of rotatable bonds is 7. The van der Waals surface area contributed by atoms with Crippen molar-refractivity contribution in [2.24, 2.45) is 0 Å². The summed E-state index contributed by atoms with van der Waals surface area (Å²) in [7, 11) is 0. The molecule has 0 saturated heterocycles. The first-order valence-corrected chi connectivity index (χ1v) is 22.4. The molecule has 0 atom stereocenters. The van der Waals surface area contributed by atoms with Gasteiger partial charge in [-0.05, 0) is 121 Å². The molecule has 9 aromatic carbocycles. The molecule has 3 aliphatic rings. The smallest absolute Gasteiger partial charge is 0.0676 e. The Balaban J connectivity index is 1.13. The van der Waals surface area contributed by atoms with Crippen molar-refractivity contribution in [2.45, 2.75) is 37.5 Å². The number of benzene rings is 9. The van der Waals surface area contributed by atoms with E-state index in [2.05, 4.69) is 243 Å². The third kappa shape index (κ3) is 5.62. The minimum Gasteiger partial charge on any atom is -0.309 e. The zero-order chi connectivity index (χ0) is 42.1. The fraction of sp³-hybridized carbons (Fsp3) is 0.0968. The summed E-state index contributed by atoms with van der Waals surface area (Å²) in [5.74, 6) is 0. The van der Waals surface area contributed by atoms with E-state index < -0.39 is 5.41 Å². The Hall–Kier alpha value is -7.48. The van der Waals surface area contributed by atoms with Gasteiger partial charge in [0.15, 0.2) is 0 Å². The second-order valence-corrected chi connectivity index (χ2v) is 17.9. The zero-order valence-corrected chi connectivity index (χ0v) is 35.7. The lowest BCUT2D eigenvalue weighted by Crippen LogP contribution is -2.30. The standard InChI is InChI=1S/C62H47N/c1-61(2)54-31-17-14-29-50(54)52-38-36-47(41-56(52)61)63(59-39-35-42-20-12-13-28-49(42)60(59)43-21-6-3-7-22-43)58-33-19-16-27-48(58)44-34-37-53-51-30-15-18-32-55(51)62(57(53)40-44,45-23-8-4-9-24-45)46-25-10-5-11-26-46/h3-17,19-31,33-41H,18,32H2,1-2H3. The Morgan fingerprint density at radius 2 is 1.08 bits per heavy atom. The van der Waals surface area contributed by atoms with Crippen LogP contribution in [0.2, 0.25) is 0 Å². The molecule has 0 spiro atoms. The lowest BCUT2D eigenvalue weighted by atomic mass is 9.65. The van der Waals surface area contributed by atoms with Crippen LogP contribution in [0.1, 0.15) is 60.1 Å². The van der Waals surface area contributed by atoms with Crippen LogP contribution in [0.4, 0.5) is 17.1 Å². The molecule has 0 fully saturated rings. The van der Waals surface area contributed by atoms with Crippen LogP contribution in [0.25, 0.3) is 49.7 Å². The summed E-state index contributed by atoms with van der Waals surface area (Å²) in [6.45, 7) is 4.76. The molecule has 0 heterocycles. The molecule has 0 unspecified atom stereocenters. The molecular formula is C62H47N. The van der Waals surface area contributed by atoms with Gasteiger partial charge in [0.2, 0.25) is 0 Å². The zero-order valence-electron chi connectivity index (χ0n) is 35.7. The fourth-order valence-corrected chi connectivity index (χ4v) is 11.4. The highest BCUT2D eigenvalue weighted by Crippen LogP contribution is 2.59. The van der Waals surface area contributed by atoms with Crippen LogP contribution in [0, 0.1) is 0 Å². The maximum absolute atomic E-state index is 2.55. The number of para-hydroxylation sites is 1. The van der Waals surface area contributed by atoms with E-state index in [0.29, 0.717) is 0 Å². The first-order chi connectivity index (χ1) is 31.0. The van der Waals surface area contributed by atoms with Crippen molar-refractivity contribution in [2.75, 3.05) is 4.90 Å². The van der Waals surface area contributed by atoms with Crippen LogP contribution in [0.3, 0.4) is 0 Å². The maximum Gasteiger partial charge on any atom is 0.0676 e. The van der Waals surface area contributed by atoms with Crippen LogP contribution >= 0.6 is 0 Å². The number of fused-ring (bicyclic) bond motifs is 6. The molecule has 3 aliphatic carbocycles. The molecule has 0 saturated carbocycles. The second-order valence-electron chi connectivity index (χ2n) is 17.9. The van der Waals surface area contributed by atoms with Crippen molar-refractivity contribution < 1.29 is 0 Å². The van der Waals surface area contributed by atoms with E-state index in [1.54, 1.807) is 0 Å². The van der Waals surface area contributed by atoms with Crippen molar-refractivity contribution in [1.29, 1.82) is 0 Å². The van der Waals surface area contributed by atoms with Crippen molar-refractivity contribution in [3.63, 3.8) is 0 Å². The Bertz CT molecular complexity index is 3260. The first kappa shape index (κ1) is 37.3. The van der Waals surface area contributed by atoms with Gasteiger partial charge in [-0.15, -0.1) is 0 Å². The van der Waals surface area contributed by atoms with Crippen molar-refractivity contribution in [1.82, 2.24) is 0 Å². The van der Waals surface area contributed by atoms with Crippen molar-refractivity contribution in [3.8, 4) is 33.4 Å². The summed E-state index contributed by atoms with van der Waals surface area (Å²) < 4.78 is 0. The Kier molecular flexibility index (Phi) is 8.63. The lowest BCUT2D eigenvalue weighted by molar-refractivity contribution is 0.660. The summed E-state index contributed by atoms with van der Waals surface area (Å²) in [5.41, 5.74) is 21.2. The molecule has 1 nitrogen and oxygen atoms in total. The maximum atomic E-state index is 2.55. The van der Waals surface area contributed by atoms with Gasteiger partial charge in [-0.3, -0.25) is 0 Å². The van der Waals surface area contributed by atoms with E-state index in [0.717, 1.165) is 29.9 Å². The number of nitrogens with zero attached hydrogens (tertiary/aromatic N) is 1. The third-order valence-corrected chi connectivity index (χ3v) is 14.2. The largest absolute Gasteiger partial charge is 0.309 e. The highest BCUT2D eigenvalue weighted by atomic mass is 15.1. The van der Waals surface area contributed by atoms with E-state index in [9.17, 15) is 0 Å². The Morgan fingerprint density at radius 1 is 0.444 bits per heavy atom. The highest BCUT2D eigenvalue weighted by Gasteiger charge is 2.47. The molecule has 0 amide bonds. The molecular weight excluding hydrogens is 759 g/mol. The van der Waals surface area contributed by atoms with E-state index >= 15 is 0 Å². The Labute approximate surface area is 371 Å². The van der Waals surface area contributed by atoms with E-state index in [-0.39, 0.29) is 5.41 Å². The number of anilines is 3. The average Bonchev–Trinajstić information content (AvgIpc) is 3.77. The number of allylic oxidation sites excluding steroid dienone is 4. The molecule has 0 aromatic heterocycles. The topological polar surface area (TPSA) is 3.24 Å². The molecule has 63 heavy (non-hydrogen) atoms. The van der Waals surface area contributed by atoms with Gasteiger partial charge in [0.05, 0.1) is 16.8 Å². The summed E-state index contributed by atoms with van der Waals surface area (Å²) in [5, 5.41) is 2.46. The molecule has 12 rings (SSSR count). The normalized spacial score (nSPS) is 15.1. The molecule has 0 aliphatic heterocycles. The van der Waals surface area contributed by atoms with Crippen molar-refractivity contribution in [3.05, 3.63) is 263 Å². The molecule has 0 N–H and O–H groups in total. The average molecular weight is 806 g/mol. The summed E-state index contributed by atoms with van der Waals surface area (Å²) in [6, 6.07) is 79.4. The van der Waals surface area contributed by atoms with Crippen molar-refractivity contribution >= 4 is 33.4 Å². The second kappa shape index (κ2) is 14.6. The number of hydrogen-bond donors (Lipinski definition) is 0. The van der Waals surface area contributed by atoms with Gasteiger partial charge in [0.1, 0.15) is 0 Å². The fourth-order valence-electron chi connectivity index (χ4n) is 11.4. The molecule has 300 valence electrons. The summed E-state index contributed by atoms with van der Waals surface area (Å²) in [6.07, 6.45) is 6.81. The lowest BCUT2D eigenvalue weighted by Gasteiger charge is -2.36. The monoisotopic (exact) mass is 805 g/mol. The van der Waals surface area contributed by atoms with Gasteiger partial charge in [-0.2, -0.15) is 0 Å². The third-order valence-electron chi connectivity index (χ3n) is 14.2. The van der Waals surface area contributed by atoms with E-state index in [4.69, 9.17) is 0 Å². The Morgan fingerprint density at radius 3 is 1.86 bits per heavy atom. The molecule has 0 bridgehead atoms. The minimum atomic E-state index is -0.415. The van der Waals surface area contributed by atoms with Crippen LogP contribution < -0.4 is 4.90 Å². The van der Waals surface area contributed by atoms with Gasteiger partial charge >= 0.3 is 0 Å². The predicted molar refractivity (Wildman–Crippen MR) is 265 cm³/mol. The summed E-state index contributed by atoms with van der Waals surface area (Å²) >= 11 is 0. The van der Waals surface area contributed by atoms with Gasteiger partial charge in [-0.1, -0.05) is 208 Å².